The Morgan fingerprint density at radius 1 is 0.812 bits per heavy atom. The van der Waals surface area contributed by atoms with Gasteiger partial charge >= 0.3 is 0 Å². The number of ether oxygens (including phenoxy) is 1. The van der Waals surface area contributed by atoms with Crippen LogP contribution in [0, 0.1) is 0 Å². The minimum absolute atomic E-state index is 0. The van der Waals surface area contributed by atoms with E-state index in [2.05, 4.69) is 79.0 Å². The van der Waals surface area contributed by atoms with Gasteiger partial charge in [-0.1, -0.05) is 84.4 Å². The number of fused-ring (bicyclic) bond motifs is 1. The van der Waals surface area contributed by atoms with Crippen molar-refractivity contribution in [2.24, 2.45) is 0 Å². The second kappa shape index (κ2) is 11.9. The standard InChI is InChI=1S/C28H28ClNO.ClH/c1-21(11-12-22-7-3-2-4-8-22)30-19-27-26-10-6-5-9-24(26)15-18-28(27)31-20-23-13-16-25(29)17-14-23;/h2-10,13-18,21,30H,11-12,19-20H2,1H3;1H. The van der Waals surface area contributed by atoms with Gasteiger partial charge in [0.1, 0.15) is 12.4 Å². The van der Waals surface area contributed by atoms with E-state index in [0.717, 1.165) is 35.7 Å². The van der Waals surface area contributed by atoms with E-state index in [1.54, 1.807) is 0 Å². The van der Waals surface area contributed by atoms with Crippen LogP contribution in [0.2, 0.25) is 5.02 Å². The molecular weight excluding hydrogens is 437 g/mol. The Labute approximate surface area is 202 Å². The molecule has 0 aromatic heterocycles. The van der Waals surface area contributed by atoms with Crippen LogP contribution in [0.4, 0.5) is 0 Å². The molecule has 4 rings (SSSR count). The fourth-order valence-corrected chi connectivity index (χ4v) is 3.91. The zero-order chi connectivity index (χ0) is 21.5. The zero-order valence-corrected chi connectivity index (χ0v) is 19.8. The molecule has 0 aliphatic carbocycles. The molecule has 0 bridgehead atoms. The fraction of sp³-hybridized carbons (Fsp3) is 0.214. The SMILES string of the molecule is CC(CCc1ccccc1)NCc1c(OCc2ccc(Cl)cc2)ccc2ccccc12.Cl. The third-order valence-electron chi connectivity index (χ3n) is 5.64. The monoisotopic (exact) mass is 465 g/mol. The molecule has 0 saturated heterocycles. The number of hydrogen-bond donors (Lipinski definition) is 1. The summed E-state index contributed by atoms with van der Waals surface area (Å²) >= 11 is 6.01. The first-order chi connectivity index (χ1) is 15.2. The summed E-state index contributed by atoms with van der Waals surface area (Å²) in [6.45, 7) is 3.54. The van der Waals surface area contributed by atoms with Crippen LogP contribution in [0.5, 0.6) is 5.75 Å². The van der Waals surface area contributed by atoms with Crippen LogP contribution in [0.1, 0.15) is 30.0 Å². The molecule has 1 N–H and O–H groups in total. The van der Waals surface area contributed by atoms with E-state index in [9.17, 15) is 0 Å². The lowest BCUT2D eigenvalue weighted by atomic mass is 10.0. The van der Waals surface area contributed by atoms with Gasteiger partial charge in [-0.3, -0.25) is 0 Å². The van der Waals surface area contributed by atoms with Gasteiger partial charge in [-0.05, 0) is 59.9 Å². The molecule has 0 amide bonds. The van der Waals surface area contributed by atoms with Crippen LogP contribution >= 0.6 is 24.0 Å². The van der Waals surface area contributed by atoms with Crippen LogP contribution in [-0.4, -0.2) is 6.04 Å². The van der Waals surface area contributed by atoms with E-state index in [1.165, 1.54) is 21.9 Å². The molecule has 0 spiro atoms. The van der Waals surface area contributed by atoms with Crippen LogP contribution < -0.4 is 10.1 Å². The van der Waals surface area contributed by atoms with Crippen LogP contribution in [0.25, 0.3) is 10.8 Å². The first-order valence-corrected chi connectivity index (χ1v) is 11.2. The quantitative estimate of drug-likeness (QED) is 0.274. The number of nitrogens with one attached hydrogen (secondary N) is 1. The first-order valence-electron chi connectivity index (χ1n) is 10.8. The van der Waals surface area contributed by atoms with E-state index in [1.807, 2.05) is 24.3 Å². The highest BCUT2D eigenvalue weighted by Gasteiger charge is 2.11. The van der Waals surface area contributed by atoms with Crippen molar-refractivity contribution in [3.63, 3.8) is 0 Å². The summed E-state index contributed by atoms with van der Waals surface area (Å²) in [5.41, 5.74) is 3.69. The lowest BCUT2D eigenvalue weighted by Gasteiger charge is -2.18. The van der Waals surface area contributed by atoms with Crippen molar-refractivity contribution in [1.82, 2.24) is 5.32 Å². The molecule has 1 unspecified atom stereocenters. The highest BCUT2D eigenvalue weighted by Crippen LogP contribution is 2.29. The van der Waals surface area contributed by atoms with Crippen LogP contribution in [0.15, 0.2) is 91.0 Å². The molecule has 0 heterocycles. The van der Waals surface area contributed by atoms with Gasteiger partial charge in [0.2, 0.25) is 0 Å². The number of benzene rings is 4. The topological polar surface area (TPSA) is 21.3 Å². The maximum atomic E-state index is 6.25. The fourth-order valence-electron chi connectivity index (χ4n) is 3.78. The van der Waals surface area contributed by atoms with E-state index in [0.29, 0.717) is 12.6 Å². The summed E-state index contributed by atoms with van der Waals surface area (Å²) in [4.78, 5) is 0. The predicted molar refractivity (Wildman–Crippen MR) is 138 cm³/mol. The summed E-state index contributed by atoms with van der Waals surface area (Å²) in [5.74, 6) is 0.927. The van der Waals surface area contributed by atoms with Gasteiger partial charge in [-0.15, -0.1) is 12.4 Å². The zero-order valence-electron chi connectivity index (χ0n) is 18.3. The third kappa shape index (κ3) is 6.49. The molecule has 0 fully saturated rings. The number of aryl methyl sites for hydroxylation is 1. The van der Waals surface area contributed by atoms with E-state index < -0.39 is 0 Å². The van der Waals surface area contributed by atoms with Crippen molar-refractivity contribution in [2.75, 3.05) is 0 Å². The second-order valence-corrected chi connectivity index (χ2v) is 8.42. The minimum atomic E-state index is 0. The average Bonchev–Trinajstić information content (AvgIpc) is 2.82. The molecule has 166 valence electrons. The highest BCUT2D eigenvalue weighted by molar-refractivity contribution is 6.30. The van der Waals surface area contributed by atoms with Gasteiger partial charge in [0, 0.05) is 23.2 Å². The first kappa shape index (κ1) is 24.1. The normalized spacial score (nSPS) is 11.7. The molecule has 0 aliphatic rings. The van der Waals surface area contributed by atoms with Gasteiger partial charge in [0.15, 0.2) is 0 Å². The Morgan fingerprint density at radius 3 is 2.31 bits per heavy atom. The number of hydrogen-bond acceptors (Lipinski definition) is 2. The van der Waals surface area contributed by atoms with Crippen molar-refractivity contribution in [3.05, 3.63) is 113 Å². The number of halogens is 2. The maximum absolute atomic E-state index is 6.25. The Hall–Kier alpha value is -2.52. The van der Waals surface area contributed by atoms with Crippen molar-refractivity contribution in [1.29, 1.82) is 0 Å². The van der Waals surface area contributed by atoms with Gasteiger partial charge in [0.05, 0.1) is 0 Å². The van der Waals surface area contributed by atoms with Gasteiger partial charge < -0.3 is 10.1 Å². The number of rotatable bonds is 9. The molecule has 1 atom stereocenters. The summed E-state index contributed by atoms with van der Waals surface area (Å²) in [5, 5.41) is 6.92. The van der Waals surface area contributed by atoms with Crippen molar-refractivity contribution in [3.8, 4) is 5.75 Å². The lowest BCUT2D eigenvalue weighted by molar-refractivity contribution is 0.302. The Bertz CT molecular complexity index is 1110. The van der Waals surface area contributed by atoms with Crippen molar-refractivity contribution >= 4 is 34.8 Å². The summed E-state index contributed by atoms with van der Waals surface area (Å²) in [6, 6.07) is 31.6. The lowest BCUT2D eigenvalue weighted by Crippen LogP contribution is -2.26. The van der Waals surface area contributed by atoms with E-state index in [4.69, 9.17) is 16.3 Å². The summed E-state index contributed by atoms with van der Waals surface area (Å²) < 4.78 is 6.25. The second-order valence-electron chi connectivity index (χ2n) is 7.98. The van der Waals surface area contributed by atoms with E-state index >= 15 is 0 Å². The third-order valence-corrected chi connectivity index (χ3v) is 5.89. The van der Waals surface area contributed by atoms with Crippen LogP contribution in [-0.2, 0) is 19.6 Å². The van der Waals surface area contributed by atoms with Crippen molar-refractivity contribution in [2.45, 2.75) is 39.0 Å². The maximum Gasteiger partial charge on any atom is 0.124 e. The van der Waals surface area contributed by atoms with E-state index in [-0.39, 0.29) is 12.4 Å². The highest BCUT2D eigenvalue weighted by atomic mass is 35.5. The molecular formula is C28H29Cl2NO. The molecule has 32 heavy (non-hydrogen) atoms. The van der Waals surface area contributed by atoms with Crippen LogP contribution in [0.3, 0.4) is 0 Å². The molecule has 4 aromatic carbocycles. The Balaban J connectivity index is 0.00000289. The smallest absolute Gasteiger partial charge is 0.124 e. The molecule has 0 radical (unpaired) electrons. The summed E-state index contributed by atoms with van der Waals surface area (Å²) in [7, 11) is 0. The van der Waals surface area contributed by atoms with Gasteiger partial charge in [0.25, 0.3) is 0 Å². The van der Waals surface area contributed by atoms with Gasteiger partial charge in [-0.25, -0.2) is 0 Å². The summed E-state index contributed by atoms with van der Waals surface area (Å²) in [6.07, 6.45) is 2.17. The molecule has 0 saturated carbocycles. The average molecular weight is 466 g/mol. The Kier molecular flexibility index (Phi) is 8.99. The molecule has 2 nitrogen and oxygen atoms in total. The predicted octanol–water partition coefficient (Wildman–Crippen LogP) is 7.60. The largest absolute Gasteiger partial charge is 0.489 e. The molecule has 4 aromatic rings. The van der Waals surface area contributed by atoms with Crippen molar-refractivity contribution < 1.29 is 4.74 Å². The van der Waals surface area contributed by atoms with Gasteiger partial charge in [-0.2, -0.15) is 0 Å². The minimum Gasteiger partial charge on any atom is -0.489 e. The Morgan fingerprint density at radius 2 is 1.53 bits per heavy atom. The molecule has 0 aliphatic heterocycles. The molecule has 4 heteroatoms.